The minimum Gasteiger partial charge on any atom is -0.465 e. The Balaban J connectivity index is 1.74. The highest BCUT2D eigenvalue weighted by Crippen LogP contribution is 2.67. The molecule has 1 aromatic carbocycles. The van der Waals surface area contributed by atoms with E-state index in [-0.39, 0.29) is 35.6 Å². The summed E-state index contributed by atoms with van der Waals surface area (Å²) < 4.78 is 4.99. The van der Waals surface area contributed by atoms with Crippen molar-refractivity contribution in [3.63, 3.8) is 0 Å². The van der Waals surface area contributed by atoms with E-state index in [2.05, 4.69) is 13.2 Å². The first-order valence-electron chi connectivity index (χ1n) is 15.0. The van der Waals surface area contributed by atoms with E-state index in [4.69, 9.17) is 4.74 Å². The molecule has 3 fully saturated rings. The van der Waals surface area contributed by atoms with Crippen LogP contribution in [0.4, 0.5) is 5.69 Å². The third kappa shape index (κ3) is 5.87. The number of esters is 1. The third-order valence-corrected chi connectivity index (χ3v) is 10.8. The van der Waals surface area contributed by atoms with E-state index in [0.29, 0.717) is 26.0 Å². The molecule has 3 aliphatic rings. The van der Waals surface area contributed by atoms with Crippen LogP contribution in [0.15, 0.2) is 43.5 Å². The molecule has 4 rings (SSSR count). The van der Waals surface area contributed by atoms with Gasteiger partial charge in [-0.25, -0.2) is 0 Å². The molecule has 7 nitrogen and oxygen atoms in total. The molecule has 6 atom stereocenters. The number of amides is 2. The first kappa shape index (κ1) is 31.4. The fraction of sp³-hybridized carbons (Fsp3) is 0.606. The van der Waals surface area contributed by atoms with Crippen molar-refractivity contribution in [2.24, 2.45) is 17.8 Å². The number of fused-ring (bicyclic) bond motifs is 1. The number of allylic oxidation sites excluding steroid dienone is 1. The maximum Gasteiger partial charge on any atom is 0.310 e. The largest absolute Gasteiger partial charge is 0.465 e. The minimum atomic E-state index is -0.795. The highest BCUT2D eigenvalue weighted by atomic mass is 32.2. The number of anilines is 1. The smallest absolute Gasteiger partial charge is 0.310 e. The zero-order valence-electron chi connectivity index (χ0n) is 25.0. The number of likely N-dealkylation sites (tertiary alicyclic amines) is 1. The number of hydrogen-bond donors (Lipinski definition) is 1. The average molecular weight is 583 g/mol. The zero-order chi connectivity index (χ0) is 29.9. The van der Waals surface area contributed by atoms with Crippen LogP contribution in [0.3, 0.4) is 0 Å². The summed E-state index contributed by atoms with van der Waals surface area (Å²) >= 11 is 1.63. The summed E-state index contributed by atoms with van der Waals surface area (Å²) in [7, 11) is 0. The Morgan fingerprint density at radius 3 is 2.66 bits per heavy atom. The highest BCUT2D eigenvalue weighted by molar-refractivity contribution is 8.02. The molecule has 2 unspecified atom stereocenters. The predicted octanol–water partition coefficient (Wildman–Crippen LogP) is 5.22. The van der Waals surface area contributed by atoms with Crippen LogP contribution in [-0.2, 0) is 19.1 Å². The maximum atomic E-state index is 14.8. The van der Waals surface area contributed by atoms with Crippen LogP contribution in [0, 0.1) is 31.6 Å². The van der Waals surface area contributed by atoms with Crippen molar-refractivity contribution in [2.75, 3.05) is 24.7 Å². The van der Waals surface area contributed by atoms with Gasteiger partial charge in [0.15, 0.2) is 0 Å². The number of benzene rings is 1. The molecule has 3 heterocycles. The van der Waals surface area contributed by atoms with E-state index in [9.17, 15) is 19.5 Å². The van der Waals surface area contributed by atoms with Gasteiger partial charge in [-0.2, -0.15) is 0 Å². The number of rotatable bonds is 14. The molecule has 41 heavy (non-hydrogen) atoms. The molecule has 1 aromatic rings. The summed E-state index contributed by atoms with van der Waals surface area (Å²) in [5.74, 6) is -1.75. The van der Waals surface area contributed by atoms with E-state index < -0.39 is 28.7 Å². The highest BCUT2D eigenvalue weighted by Gasteiger charge is 2.74. The molecule has 2 amide bonds. The molecule has 2 bridgehead atoms. The van der Waals surface area contributed by atoms with E-state index >= 15 is 0 Å². The number of unbranched alkanes of at least 4 members (excludes halogenated alkanes) is 2. The van der Waals surface area contributed by atoms with Crippen LogP contribution in [0.2, 0.25) is 0 Å². The molecule has 1 spiro atoms. The summed E-state index contributed by atoms with van der Waals surface area (Å²) in [6.07, 6.45) is 8.04. The molecule has 3 saturated heterocycles. The monoisotopic (exact) mass is 582 g/mol. The van der Waals surface area contributed by atoms with Gasteiger partial charge in [0.05, 0.1) is 35.8 Å². The summed E-state index contributed by atoms with van der Waals surface area (Å²) in [6, 6.07) is 4.70. The first-order valence-corrected chi connectivity index (χ1v) is 15.9. The fourth-order valence-corrected chi connectivity index (χ4v) is 9.29. The topological polar surface area (TPSA) is 87.1 Å². The molecule has 8 heteroatoms. The second-order valence-corrected chi connectivity index (χ2v) is 13.8. The SMILES string of the molecule is C=CCCCCOC(=O)[C@@H]1[C@H]2C(=O)N([C@@H](CO)CC(C)C)C(C(=O)N(CC=C)c3cc(C)ccc3C)C23CC[C@H]1S3. The average Bonchev–Trinajstić information content (AvgIpc) is 3.58. The Labute approximate surface area is 249 Å². The second kappa shape index (κ2) is 13.2. The number of hydrogen-bond acceptors (Lipinski definition) is 6. The fourth-order valence-electron chi connectivity index (χ4n) is 7.11. The molecule has 0 aromatic heterocycles. The Bertz CT molecular complexity index is 1170. The van der Waals surface area contributed by atoms with Gasteiger partial charge >= 0.3 is 5.97 Å². The van der Waals surface area contributed by atoms with Gasteiger partial charge in [0.2, 0.25) is 5.91 Å². The van der Waals surface area contributed by atoms with Gasteiger partial charge in [0, 0.05) is 17.5 Å². The van der Waals surface area contributed by atoms with Gasteiger partial charge in [-0.1, -0.05) is 38.1 Å². The Morgan fingerprint density at radius 1 is 1.24 bits per heavy atom. The van der Waals surface area contributed by atoms with Gasteiger partial charge in [-0.05, 0) is 75.5 Å². The van der Waals surface area contributed by atoms with Crippen LogP contribution >= 0.6 is 11.8 Å². The van der Waals surface area contributed by atoms with Crippen molar-refractivity contribution in [3.05, 3.63) is 54.6 Å². The molecule has 0 radical (unpaired) electrons. The van der Waals surface area contributed by atoms with Gasteiger partial charge in [0.25, 0.3) is 5.91 Å². The van der Waals surface area contributed by atoms with Crippen LogP contribution in [-0.4, -0.2) is 69.6 Å². The lowest BCUT2D eigenvalue weighted by atomic mass is 9.71. The van der Waals surface area contributed by atoms with Crippen molar-refractivity contribution in [1.29, 1.82) is 0 Å². The molecular formula is C33H46N2O5S. The van der Waals surface area contributed by atoms with Crippen molar-refractivity contribution < 1.29 is 24.2 Å². The normalized spacial score (nSPS) is 27.2. The van der Waals surface area contributed by atoms with Gasteiger partial charge in [-0.3, -0.25) is 14.4 Å². The number of carbonyl (C=O) groups is 3. The predicted molar refractivity (Wildman–Crippen MR) is 165 cm³/mol. The molecule has 224 valence electrons. The number of aryl methyl sites for hydroxylation is 2. The summed E-state index contributed by atoms with van der Waals surface area (Å²) in [5, 5.41) is 10.5. The molecule has 0 saturated carbocycles. The van der Waals surface area contributed by atoms with Gasteiger partial charge in [-0.15, -0.1) is 24.9 Å². The number of carbonyl (C=O) groups excluding carboxylic acids is 3. The zero-order valence-corrected chi connectivity index (χ0v) is 25.8. The lowest BCUT2D eigenvalue weighted by Crippen LogP contribution is -2.58. The number of aliphatic hydroxyl groups is 1. The Hall–Kier alpha value is -2.58. The number of aliphatic hydroxyl groups excluding tert-OH is 1. The Kier molecular flexibility index (Phi) is 10.1. The molecular weight excluding hydrogens is 536 g/mol. The summed E-state index contributed by atoms with van der Waals surface area (Å²) in [4.78, 5) is 46.1. The van der Waals surface area contributed by atoms with Crippen LogP contribution in [0.25, 0.3) is 0 Å². The van der Waals surface area contributed by atoms with E-state index in [1.54, 1.807) is 27.6 Å². The first-order chi connectivity index (χ1) is 19.6. The lowest BCUT2D eigenvalue weighted by Gasteiger charge is -2.40. The van der Waals surface area contributed by atoms with Crippen LogP contribution in [0.5, 0.6) is 0 Å². The molecule has 3 aliphatic heterocycles. The van der Waals surface area contributed by atoms with Gasteiger partial charge < -0.3 is 19.6 Å². The van der Waals surface area contributed by atoms with Crippen LogP contribution < -0.4 is 4.90 Å². The quantitative estimate of drug-likeness (QED) is 0.184. The number of nitrogens with zero attached hydrogens (tertiary/aromatic N) is 2. The number of ether oxygens (including phenoxy) is 1. The Morgan fingerprint density at radius 2 is 2.00 bits per heavy atom. The van der Waals surface area contributed by atoms with Gasteiger partial charge in [0.1, 0.15) is 6.04 Å². The molecule has 0 aliphatic carbocycles. The molecule has 1 N–H and O–H groups in total. The summed E-state index contributed by atoms with van der Waals surface area (Å²) in [6.45, 7) is 16.1. The van der Waals surface area contributed by atoms with Crippen LogP contribution in [0.1, 0.15) is 63.5 Å². The second-order valence-electron chi connectivity index (χ2n) is 12.2. The maximum absolute atomic E-state index is 14.8. The standard InChI is InChI=1S/C33H46N2O5S/c1-7-9-10-11-17-40-32(39)27-26-14-15-33(41-26)28(27)30(37)35(24(20-36)18-21(3)4)29(33)31(38)34(16-8-2)25-19-22(5)12-13-23(25)6/h7-8,12-13,19,21,24,26-29,36H,1-2,9-11,14-18,20H2,3-6H3/t24-,26-,27+,28+,29?,33?/m1/s1. The van der Waals surface area contributed by atoms with Crippen molar-refractivity contribution in [3.8, 4) is 0 Å². The van der Waals surface area contributed by atoms with E-state index in [1.165, 1.54) is 0 Å². The van der Waals surface area contributed by atoms with E-state index in [1.807, 2.05) is 52.0 Å². The van der Waals surface area contributed by atoms with Crippen molar-refractivity contribution in [1.82, 2.24) is 4.90 Å². The lowest BCUT2D eigenvalue weighted by molar-refractivity contribution is -0.154. The minimum absolute atomic E-state index is 0.0617. The number of thioether (sulfide) groups is 1. The van der Waals surface area contributed by atoms with E-state index in [0.717, 1.165) is 42.5 Å². The van der Waals surface area contributed by atoms with Crippen molar-refractivity contribution in [2.45, 2.75) is 88.3 Å². The summed E-state index contributed by atoms with van der Waals surface area (Å²) in [5.41, 5.74) is 2.78. The van der Waals surface area contributed by atoms with Crippen molar-refractivity contribution >= 4 is 35.2 Å². The third-order valence-electron chi connectivity index (χ3n) is 8.87.